The Balaban J connectivity index is 1.58. The predicted octanol–water partition coefficient (Wildman–Crippen LogP) is 3.40. The molecule has 1 aromatic carbocycles. The molecule has 1 amide bonds. The summed E-state index contributed by atoms with van der Waals surface area (Å²) in [5.74, 6) is 1.03. The van der Waals surface area contributed by atoms with E-state index in [0.717, 1.165) is 49.8 Å². The molecule has 1 saturated heterocycles. The Kier molecular flexibility index (Phi) is 9.86. The van der Waals surface area contributed by atoms with Gasteiger partial charge >= 0.3 is 5.97 Å². The average Bonchev–Trinajstić information content (AvgIpc) is 2.65. The van der Waals surface area contributed by atoms with Crippen molar-refractivity contribution in [3.63, 3.8) is 0 Å². The van der Waals surface area contributed by atoms with Gasteiger partial charge in [0.15, 0.2) is 0 Å². The first-order valence-electron chi connectivity index (χ1n) is 9.34. The molecule has 2 N–H and O–H groups in total. The van der Waals surface area contributed by atoms with Crippen molar-refractivity contribution < 1.29 is 14.7 Å². The lowest BCUT2D eigenvalue weighted by Crippen LogP contribution is -2.44. The largest absolute Gasteiger partial charge is 0.481 e. The van der Waals surface area contributed by atoms with E-state index in [9.17, 15) is 9.59 Å². The molecule has 1 aliphatic rings. The molecule has 1 heterocycles. The number of likely N-dealkylation sites (N-methyl/N-ethyl adjacent to an activating group) is 1. The summed E-state index contributed by atoms with van der Waals surface area (Å²) >= 11 is 0. The van der Waals surface area contributed by atoms with E-state index in [1.807, 2.05) is 12.1 Å². The first-order chi connectivity index (χ1) is 13.0. The van der Waals surface area contributed by atoms with Crippen LogP contribution in [-0.2, 0) is 9.59 Å². The number of carboxylic acid groups (broad SMARTS) is 1. The van der Waals surface area contributed by atoms with E-state index >= 15 is 0 Å². The average molecular weight is 412 g/mol. The number of anilines is 2. The summed E-state index contributed by atoms with van der Waals surface area (Å²) in [7, 11) is 5.53. The summed E-state index contributed by atoms with van der Waals surface area (Å²) in [5, 5.41) is 11.5. The molecular formula is C19H29N3O3S2. The molecule has 1 aliphatic heterocycles. The molecule has 0 spiro atoms. The monoisotopic (exact) mass is 411 g/mol. The van der Waals surface area contributed by atoms with Gasteiger partial charge in [-0.25, -0.2) is 0 Å². The molecule has 0 bridgehead atoms. The van der Waals surface area contributed by atoms with Crippen molar-refractivity contribution in [2.75, 3.05) is 54.9 Å². The maximum Gasteiger partial charge on any atom is 0.303 e. The van der Waals surface area contributed by atoms with Gasteiger partial charge < -0.3 is 20.2 Å². The summed E-state index contributed by atoms with van der Waals surface area (Å²) in [6.07, 6.45) is 2.24. The zero-order chi connectivity index (χ0) is 19.5. The van der Waals surface area contributed by atoms with E-state index in [0.29, 0.717) is 12.8 Å². The first-order valence-corrected chi connectivity index (χ1v) is 11.8. The minimum absolute atomic E-state index is 0.0406. The van der Waals surface area contributed by atoms with Crippen LogP contribution >= 0.6 is 21.6 Å². The van der Waals surface area contributed by atoms with Crippen LogP contribution in [0.15, 0.2) is 24.3 Å². The van der Waals surface area contributed by atoms with Gasteiger partial charge in [0.05, 0.1) is 0 Å². The Bertz CT molecular complexity index is 590. The molecule has 1 aromatic rings. The van der Waals surface area contributed by atoms with Gasteiger partial charge in [-0.3, -0.25) is 9.59 Å². The van der Waals surface area contributed by atoms with Crippen LogP contribution in [-0.4, -0.2) is 66.6 Å². The number of nitrogens with zero attached hydrogens (tertiary/aromatic N) is 2. The standard InChI is InChI=1S/C19H29N3O3S2/c1-21-10-12-22(13-11-21)17-8-6-16(7-9-17)20-18(23)4-2-14-26-27-15-3-5-19(24)25/h6-9H,2-5,10-15H2,1H3,(H,20,23)(H,24,25). The quantitative estimate of drug-likeness (QED) is 0.427. The zero-order valence-corrected chi connectivity index (χ0v) is 17.5. The normalized spacial score (nSPS) is 14.9. The van der Waals surface area contributed by atoms with Crippen LogP contribution in [0.3, 0.4) is 0 Å². The van der Waals surface area contributed by atoms with Crippen molar-refractivity contribution >= 4 is 44.8 Å². The molecular weight excluding hydrogens is 382 g/mol. The van der Waals surface area contributed by atoms with Crippen LogP contribution in [0.1, 0.15) is 25.7 Å². The number of aliphatic carboxylic acids is 1. The van der Waals surface area contributed by atoms with Crippen molar-refractivity contribution in [1.82, 2.24) is 4.90 Å². The van der Waals surface area contributed by atoms with Gasteiger partial charge in [-0.05, 0) is 44.2 Å². The summed E-state index contributed by atoms with van der Waals surface area (Å²) in [6, 6.07) is 8.09. The molecule has 2 rings (SSSR count). The second kappa shape index (κ2) is 12.2. The second-order valence-corrected chi connectivity index (χ2v) is 9.33. The van der Waals surface area contributed by atoms with Gasteiger partial charge in [-0.15, -0.1) is 0 Å². The maximum atomic E-state index is 12.0. The van der Waals surface area contributed by atoms with E-state index in [1.54, 1.807) is 21.6 Å². The highest BCUT2D eigenvalue weighted by atomic mass is 33.1. The number of carboxylic acids is 1. The summed E-state index contributed by atoms with van der Waals surface area (Å²) in [4.78, 5) is 27.1. The van der Waals surface area contributed by atoms with E-state index < -0.39 is 5.97 Å². The molecule has 0 aliphatic carbocycles. The van der Waals surface area contributed by atoms with Crippen molar-refractivity contribution in [2.24, 2.45) is 0 Å². The SMILES string of the molecule is CN1CCN(c2ccc(NC(=O)CCCSSCCCC(=O)O)cc2)CC1. The number of hydrogen-bond acceptors (Lipinski definition) is 6. The second-order valence-electron chi connectivity index (χ2n) is 6.63. The number of hydrogen-bond donors (Lipinski definition) is 2. The van der Waals surface area contributed by atoms with E-state index in [4.69, 9.17) is 5.11 Å². The third-order valence-corrected chi connectivity index (χ3v) is 6.93. The van der Waals surface area contributed by atoms with Gasteiger partial charge in [0.1, 0.15) is 0 Å². The highest BCUT2D eigenvalue weighted by Gasteiger charge is 2.14. The number of nitrogens with one attached hydrogen (secondary N) is 1. The van der Waals surface area contributed by atoms with E-state index in [2.05, 4.69) is 34.3 Å². The van der Waals surface area contributed by atoms with Crippen LogP contribution in [0.25, 0.3) is 0 Å². The Morgan fingerprint density at radius 1 is 1.00 bits per heavy atom. The Morgan fingerprint density at radius 3 is 2.19 bits per heavy atom. The molecule has 6 nitrogen and oxygen atoms in total. The van der Waals surface area contributed by atoms with Crippen molar-refractivity contribution in [3.05, 3.63) is 24.3 Å². The molecule has 0 radical (unpaired) electrons. The number of benzene rings is 1. The van der Waals surface area contributed by atoms with Crippen molar-refractivity contribution in [2.45, 2.75) is 25.7 Å². The Morgan fingerprint density at radius 2 is 1.59 bits per heavy atom. The number of rotatable bonds is 11. The third-order valence-electron chi connectivity index (χ3n) is 4.35. The van der Waals surface area contributed by atoms with E-state index in [-0.39, 0.29) is 12.3 Å². The lowest BCUT2D eigenvalue weighted by molar-refractivity contribution is -0.137. The van der Waals surface area contributed by atoms with Gasteiger partial charge in [-0.1, -0.05) is 21.6 Å². The van der Waals surface area contributed by atoms with Crippen LogP contribution < -0.4 is 10.2 Å². The first kappa shape index (κ1) is 21.9. The van der Waals surface area contributed by atoms with Crippen molar-refractivity contribution in [3.8, 4) is 0 Å². The van der Waals surface area contributed by atoms with Gasteiger partial charge in [0.2, 0.25) is 5.91 Å². The van der Waals surface area contributed by atoms with Crippen LogP contribution in [0, 0.1) is 0 Å². The molecule has 1 fully saturated rings. The fourth-order valence-electron chi connectivity index (χ4n) is 2.74. The highest BCUT2D eigenvalue weighted by Crippen LogP contribution is 2.24. The molecule has 0 atom stereocenters. The summed E-state index contributed by atoms with van der Waals surface area (Å²) < 4.78 is 0. The molecule has 150 valence electrons. The molecule has 0 aromatic heterocycles. The van der Waals surface area contributed by atoms with Crippen LogP contribution in [0.5, 0.6) is 0 Å². The maximum absolute atomic E-state index is 12.0. The number of amides is 1. The summed E-state index contributed by atoms with van der Waals surface area (Å²) in [6.45, 7) is 4.23. The molecule has 27 heavy (non-hydrogen) atoms. The number of carbonyl (C=O) groups excluding carboxylic acids is 1. The van der Waals surface area contributed by atoms with Gasteiger partial charge in [-0.2, -0.15) is 0 Å². The lowest BCUT2D eigenvalue weighted by atomic mass is 10.2. The van der Waals surface area contributed by atoms with Crippen molar-refractivity contribution in [1.29, 1.82) is 0 Å². The Labute approximate surface area is 169 Å². The highest BCUT2D eigenvalue weighted by molar-refractivity contribution is 8.76. The van der Waals surface area contributed by atoms with E-state index in [1.165, 1.54) is 5.69 Å². The molecule has 8 heteroatoms. The fraction of sp³-hybridized carbons (Fsp3) is 0.579. The summed E-state index contributed by atoms with van der Waals surface area (Å²) in [5.41, 5.74) is 2.05. The van der Waals surface area contributed by atoms with Crippen LogP contribution in [0.4, 0.5) is 11.4 Å². The van der Waals surface area contributed by atoms with Gasteiger partial charge in [0.25, 0.3) is 0 Å². The third kappa shape index (κ3) is 8.90. The van der Waals surface area contributed by atoms with Crippen LogP contribution in [0.2, 0.25) is 0 Å². The predicted molar refractivity (Wildman–Crippen MR) is 116 cm³/mol. The lowest BCUT2D eigenvalue weighted by Gasteiger charge is -2.34. The number of piperazine rings is 1. The molecule has 0 saturated carbocycles. The fourth-order valence-corrected chi connectivity index (χ4v) is 4.91. The molecule has 0 unspecified atom stereocenters. The minimum Gasteiger partial charge on any atom is -0.481 e. The van der Waals surface area contributed by atoms with Gasteiger partial charge in [0, 0.05) is 61.9 Å². The number of carbonyl (C=O) groups is 2. The minimum atomic E-state index is -0.742. The zero-order valence-electron chi connectivity index (χ0n) is 15.9. The Hall–Kier alpha value is -1.38. The smallest absolute Gasteiger partial charge is 0.303 e. The topological polar surface area (TPSA) is 72.9 Å².